The maximum atomic E-state index is 12.3. The summed E-state index contributed by atoms with van der Waals surface area (Å²) >= 11 is 13.4. The van der Waals surface area contributed by atoms with Crippen LogP contribution in [0.4, 0.5) is 5.69 Å². The van der Waals surface area contributed by atoms with Crippen molar-refractivity contribution in [1.82, 2.24) is 14.8 Å². The fourth-order valence-corrected chi connectivity index (χ4v) is 3.88. The zero-order valence-corrected chi connectivity index (χ0v) is 16.7. The largest absolute Gasteiger partial charge is 0.376 e. The standard InChI is InChI=1S/C17H20Cl2N4O2S/c1-2-15-21-22-17(23(15)9-12-4-3-7-25-12)26-10-16(24)20-14-8-11(18)5-6-13(14)19/h5-6,8,12H,2-4,7,9-10H2,1H3,(H,20,24). The molecular formula is C17H20Cl2N4O2S. The average molecular weight is 415 g/mol. The van der Waals surface area contributed by atoms with Crippen LogP contribution in [-0.4, -0.2) is 39.1 Å². The molecule has 1 saturated heterocycles. The fourth-order valence-electron chi connectivity index (χ4n) is 2.77. The number of ether oxygens (including phenoxy) is 1. The number of benzene rings is 1. The summed E-state index contributed by atoms with van der Waals surface area (Å²) in [5.74, 6) is 0.932. The summed E-state index contributed by atoms with van der Waals surface area (Å²) in [7, 11) is 0. The third-order valence-corrected chi connectivity index (χ3v) is 5.59. The van der Waals surface area contributed by atoms with Gasteiger partial charge >= 0.3 is 0 Å². The number of halogens is 2. The van der Waals surface area contributed by atoms with E-state index in [0.717, 1.165) is 43.4 Å². The Balaban J connectivity index is 1.62. The van der Waals surface area contributed by atoms with Crippen molar-refractivity contribution in [2.24, 2.45) is 0 Å². The molecule has 1 aliphatic rings. The normalized spacial score (nSPS) is 16.8. The van der Waals surface area contributed by atoms with Gasteiger partial charge in [0.2, 0.25) is 5.91 Å². The summed E-state index contributed by atoms with van der Waals surface area (Å²) in [5.41, 5.74) is 0.500. The van der Waals surface area contributed by atoms with Gasteiger partial charge in [0.05, 0.1) is 29.1 Å². The van der Waals surface area contributed by atoms with E-state index in [0.29, 0.717) is 15.7 Å². The third kappa shape index (κ3) is 4.91. The maximum Gasteiger partial charge on any atom is 0.234 e. The number of thioether (sulfide) groups is 1. The highest BCUT2D eigenvalue weighted by Gasteiger charge is 2.21. The first-order valence-electron chi connectivity index (χ1n) is 8.48. The van der Waals surface area contributed by atoms with Crippen LogP contribution in [0.25, 0.3) is 0 Å². The van der Waals surface area contributed by atoms with Crippen molar-refractivity contribution < 1.29 is 9.53 Å². The van der Waals surface area contributed by atoms with E-state index in [1.807, 2.05) is 6.92 Å². The van der Waals surface area contributed by atoms with Gasteiger partial charge in [0.25, 0.3) is 0 Å². The number of nitrogens with one attached hydrogen (secondary N) is 1. The Bertz CT molecular complexity index is 778. The number of hydrogen-bond donors (Lipinski definition) is 1. The molecule has 1 N–H and O–H groups in total. The van der Waals surface area contributed by atoms with Crippen molar-refractivity contribution in [1.29, 1.82) is 0 Å². The number of aromatic nitrogens is 3. The number of aryl methyl sites for hydroxylation is 1. The van der Waals surface area contributed by atoms with E-state index in [2.05, 4.69) is 20.1 Å². The summed E-state index contributed by atoms with van der Waals surface area (Å²) in [6.45, 7) is 3.57. The number of carbonyl (C=O) groups is 1. The molecule has 1 amide bonds. The lowest BCUT2D eigenvalue weighted by Crippen LogP contribution is -2.19. The van der Waals surface area contributed by atoms with Crippen LogP contribution >= 0.6 is 35.0 Å². The van der Waals surface area contributed by atoms with Gasteiger partial charge in [-0.15, -0.1) is 10.2 Å². The average Bonchev–Trinajstić information content (AvgIpc) is 3.26. The van der Waals surface area contributed by atoms with Gasteiger partial charge in [-0.05, 0) is 31.0 Å². The second kappa shape index (κ2) is 9.08. The molecule has 2 heterocycles. The second-order valence-corrected chi connectivity index (χ2v) is 7.75. The number of amides is 1. The van der Waals surface area contributed by atoms with Gasteiger partial charge in [-0.3, -0.25) is 4.79 Å². The minimum atomic E-state index is -0.177. The van der Waals surface area contributed by atoms with Crippen molar-refractivity contribution in [2.75, 3.05) is 17.7 Å². The van der Waals surface area contributed by atoms with E-state index in [1.165, 1.54) is 11.8 Å². The van der Waals surface area contributed by atoms with E-state index >= 15 is 0 Å². The Morgan fingerprint density at radius 3 is 3.00 bits per heavy atom. The van der Waals surface area contributed by atoms with E-state index < -0.39 is 0 Å². The highest BCUT2D eigenvalue weighted by atomic mass is 35.5. The highest BCUT2D eigenvalue weighted by molar-refractivity contribution is 7.99. The SMILES string of the molecule is CCc1nnc(SCC(=O)Nc2cc(Cl)ccc2Cl)n1CC1CCCO1. The minimum Gasteiger partial charge on any atom is -0.376 e. The van der Waals surface area contributed by atoms with Crippen LogP contribution in [0.15, 0.2) is 23.4 Å². The molecule has 1 unspecified atom stereocenters. The summed E-state index contributed by atoms with van der Waals surface area (Å²) < 4.78 is 7.77. The molecule has 140 valence electrons. The Hall–Kier alpha value is -1.28. The van der Waals surface area contributed by atoms with Gasteiger partial charge in [0, 0.05) is 18.1 Å². The van der Waals surface area contributed by atoms with Gasteiger partial charge in [-0.1, -0.05) is 41.9 Å². The molecule has 1 aromatic heterocycles. The summed E-state index contributed by atoms with van der Waals surface area (Å²) in [6.07, 6.45) is 3.10. The molecule has 1 aliphatic heterocycles. The molecule has 0 aliphatic carbocycles. The quantitative estimate of drug-likeness (QED) is 0.691. The Morgan fingerprint density at radius 1 is 1.42 bits per heavy atom. The van der Waals surface area contributed by atoms with E-state index in [4.69, 9.17) is 27.9 Å². The smallest absolute Gasteiger partial charge is 0.234 e. The molecule has 26 heavy (non-hydrogen) atoms. The lowest BCUT2D eigenvalue weighted by atomic mass is 10.2. The van der Waals surface area contributed by atoms with Crippen molar-refractivity contribution in [2.45, 2.75) is 44.0 Å². The number of carbonyl (C=O) groups excluding carboxylic acids is 1. The van der Waals surface area contributed by atoms with E-state index in [-0.39, 0.29) is 17.8 Å². The molecule has 1 fully saturated rings. The molecule has 9 heteroatoms. The van der Waals surface area contributed by atoms with E-state index in [1.54, 1.807) is 18.2 Å². The van der Waals surface area contributed by atoms with Crippen molar-refractivity contribution in [3.05, 3.63) is 34.1 Å². The highest BCUT2D eigenvalue weighted by Crippen LogP contribution is 2.26. The first-order valence-corrected chi connectivity index (χ1v) is 10.2. The molecule has 0 bridgehead atoms. The van der Waals surface area contributed by atoms with Gasteiger partial charge in [-0.2, -0.15) is 0 Å². The topological polar surface area (TPSA) is 69.0 Å². The zero-order chi connectivity index (χ0) is 18.5. The van der Waals surface area contributed by atoms with Crippen LogP contribution in [0, 0.1) is 0 Å². The molecular weight excluding hydrogens is 395 g/mol. The minimum absolute atomic E-state index is 0.177. The molecule has 1 atom stereocenters. The Kier molecular flexibility index (Phi) is 6.80. The molecule has 1 aromatic carbocycles. The molecule has 0 spiro atoms. The fraction of sp³-hybridized carbons (Fsp3) is 0.471. The monoisotopic (exact) mass is 414 g/mol. The first-order chi connectivity index (χ1) is 12.6. The van der Waals surface area contributed by atoms with Crippen LogP contribution in [0.5, 0.6) is 0 Å². The van der Waals surface area contributed by atoms with Crippen molar-refractivity contribution >= 4 is 46.6 Å². The van der Waals surface area contributed by atoms with E-state index in [9.17, 15) is 4.79 Å². The van der Waals surface area contributed by atoms with Crippen LogP contribution in [-0.2, 0) is 22.5 Å². The Labute approximate surface area is 166 Å². The molecule has 2 aromatic rings. The third-order valence-electron chi connectivity index (χ3n) is 4.05. The maximum absolute atomic E-state index is 12.3. The van der Waals surface area contributed by atoms with Crippen LogP contribution < -0.4 is 5.32 Å². The summed E-state index contributed by atoms with van der Waals surface area (Å²) in [6, 6.07) is 4.95. The van der Waals surface area contributed by atoms with Crippen molar-refractivity contribution in [3.63, 3.8) is 0 Å². The number of rotatable bonds is 7. The number of anilines is 1. The van der Waals surface area contributed by atoms with Gasteiger partial charge in [-0.25, -0.2) is 0 Å². The molecule has 0 saturated carbocycles. The van der Waals surface area contributed by atoms with Crippen LogP contribution in [0.3, 0.4) is 0 Å². The molecule has 0 radical (unpaired) electrons. The molecule has 6 nitrogen and oxygen atoms in total. The van der Waals surface area contributed by atoms with Gasteiger partial charge < -0.3 is 14.6 Å². The molecule has 3 rings (SSSR count). The van der Waals surface area contributed by atoms with Crippen LogP contribution in [0.1, 0.15) is 25.6 Å². The van der Waals surface area contributed by atoms with Gasteiger partial charge in [0.15, 0.2) is 5.16 Å². The summed E-state index contributed by atoms with van der Waals surface area (Å²) in [4.78, 5) is 12.3. The number of nitrogens with zero attached hydrogens (tertiary/aromatic N) is 3. The van der Waals surface area contributed by atoms with Gasteiger partial charge in [0.1, 0.15) is 5.82 Å². The number of hydrogen-bond acceptors (Lipinski definition) is 5. The first kappa shape index (κ1) is 19.5. The zero-order valence-electron chi connectivity index (χ0n) is 14.4. The second-order valence-electron chi connectivity index (χ2n) is 5.96. The summed E-state index contributed by atoms with van der Waals surface area (Å²) in [5, 5.41) is 12.9. The predicted molar refractivity (Wildman–Crippen MR) is 104 cm³/mol. The van der Waals surface area contributed by atoms with Crippen molar-refractivity contribution in [3.8, 4) is 0 Å². The lowest BCUT2D eigenvalue weighted by Gasteiger charge is -2.14. The predicted octanol–water partition coefficient (Wildman–Crippen LogP) is 4.06. The Morgan fingerprint density at radius 2 is 2.27 bits per heavy atom. The lowest BCUT2D eigenvalue weighted by molar-refractivity contribution is -0.113. The van der Waals surface area contributed by atoms with Crippen LogP contribution in [0.2, 0.25) is 10.0 Å².